The van der Waals surface area contributed by atoms with E-state index in [9.17, 15) is 18.3 Å². The number of hydrogen-bond acceptors (Lipinski definition) is 5. The van der Waals surface area contributed by atoms with E-state index in [1.165, 1.54) is 12.1 Å². The number of aromatic carboxylic acids is 1. The van der Waals surface area contributed by atoms with Gasteiger partial charge in [0, 0.05) is 3.57 Å². The van der Waals surface area contributed by atoms with E-state index in [0.29, 0.717) is 0 Å². The molecule has 1 aromatic carbocycles. The molecule has 1 fully saturated rings. The summed E-state index contributed by atoms with van der Waals surface area (Å²) < 4.78 is 28.8. The fourth-order valence-corrected chi connectivity index (χ4v) is 4.00. The van der Waals surface area contributed by atoms with Gasteiger partial charge in [0.2, 0.25) is 0 Å². The molecular weight excluding hydrogens is 387 g/mol. The van der Waals surface area contributed by atoms with Gasteiger partial charge in [-0.05, 0) is 40.8 Å². The Morgan fingerprint density at radius 1 is 1.37 bits per heavy atom. The van der Waals surface area contributed by atoms with E-state index in [1.54, 1.807) is 6.07 Å². The van der Waals surface area contributed by atoms with E-state index >= 15 is 0 Å². The van der Waals surface area contributed by atoms with Crippen molar-refractivity contribution < 1.29 is 28.2 Å². The molecule has 0 aromatic heterocycles. The number of aliphatic hydroxyl groups is 1. The second-order valence-electron chi connectivity index (χ2n) is 4.25. The number of carbonyl (C=O) groups is 1. The predicted molar refractivity (Wildman–Crippen MR) is 75.2 cm³/mol. The lowest BCUT2D eigenvalue weighted by atomic mass is 10.2. The molecule has 0 radical (unpaired) electrons. The van der Waals surface area contributed by atoms with E-state index in [2.05, 4.69) is 0 Å². The lowest BCUT2D eigenvalue weighted by Gasteiger charge is -2.17. The molecule has 6 nitrogen and oxygen atoms in total. The van der Waals surface area contributed by atoms with Gasteiger partial charge >= 0.3 is 5.97 Å². The average molecular weight is 398 g/mol. The zero-order valence-electron chi connectivity index (χ0n) is 9.61. The summed E-state index contributed by atoms with van der Waals surface area (Å²) in [6.07, 6.45) is -2.06. The van der Waals surface area contributed by atoms with Crippen molar-refractivity contribution in [3.63, 3.8) is 0 Å². The summed E-state index contributed by atoms with van der Waals surface area (Å²) in [5.41, 5.74) is -0.0524. The van der Waals surface area contributed by atoms with E-state index in [1.807, 2.05) is 22.6 Å². The number of carboxylic acid groups (broad SMARTS) is 1. The Morgan fingerprint density at radius 3 is 2.58 bits per heavy atom. The van der Waals surface area contributed by atoms with Gasteiger partial charge in [0.1, 0.15) is 23.5 Å². The Labute approximate surface area is 123 Å². The summed E-state index contributed by atoms with van der Waals surface area (Å²) in [6, 6.07) is 4.54. The molecule has 1 aromatic rings. The van der Waals surface area contributed by atoms with Crippen molar-refractivity contribution in [2.45, 2.75) is 12.2 Å². The highest BCUT2D eigenvalue weighted by Gasteiger charge is 2.38. The van der Waals surface area contributed by atoms with Gasteiger partial charge in [0.25, 0.3) is 0 Å². The van der Waals surface area contributed by atoms with Crippen LogP contribution < -0.4 is 4.74 Å². The summed E-state index contributed by atoms with van der Waals surface area (Å²) in [5.74, 6) is -1.76. The maximum atomic E-state index is 11.4. The quantitative estimate of drug-likeness (QED) is 0.721. The lowest BCUT2D eigenvalue weighted by Crippen LogP contribution is -2.30. The van der Waals surface area contributed by atoms with Gasteiger partial charge in [-0.25, -0.2) is 13.2 Å². The zero-order chi connectivity index (χ0) is 14.2. The van der Waals surface area contributed by atoms with Crippen molar-refractivity contribution in [2.24, 2.45) is 0 Å². The fraction of sp³-hybridized carbons (Fsp3) is 0.364. The highest BCUT2D eigenvalue weighted by atomic mass is 127. The molecule has 0 amide bonds. The minimum Gasteiger partial charge on any atom is -0.486 e. The summed E-state index contributed by atoms with van der Waals surface area (Å²) in [7, 11) is -3.33. The van der Waals surface area contributed by atoms with Gasteiger partial charge in [0.15, 0.2) is 9.84 Å². The van der Waals surface area contributed by atoms with Crippen LogP contribution in [0.2, 0.25) is 0 Å². The molecule has 2 N–H and O–H groups in total. The molecule has 1 saturated heterocycles. The van der Waals surface area contributed by atoms with Crippen molar-refractivity contribution in [3.8, 4) is 5.75 Å². The summed E-state index contributed by atoms with van der Waals surface area (Å²) >= 11 is 1.97. The third kappa shape index (κ3) is 3.37. The number of halogens is 1. The van der Waals surface area contributed by atoms with Gasteiger partial charge in [-0.15, -0.1) is 0 Å². The Kier molecular flexibility index (Phi) is 4.02. The predicted octanol–water partition coefficient (Wildman–Crippen LogP) is 0.526. The molecule has 2 atom stereocenters. The number of ether oxygens (including phenoxy) is 1. The molecule has 8 heteroatoms. The topological polar surface area (TPSA) is 101 Å². The highest BCUT2D eigenvalue weighted by molar-refractivity contribution is 14.1. The molecular formula is C11H11IO6S. The van der Waals surface area contributed by atoms with E-state index in [-0.39, 0.29) is 22.8 Å². The van der Waals surface area contributed by atoms with Crippen molar-refractivity contribution in [1.29, 1.82) is 0 Å². The minimum absolute atomic E-state index is 0.0524. The summed E-state index contributed by atoms with van der Waals surface area (Å²) in [5, 5.41) is 18.7. The molecule has 1 aliphatic heterocycles. The first-order chi connectivity index (χ1) is 8.78. The molecule has 0 aliphatic carbocycles. The van der Waals surface area contributed by atoms with Crippen molar-refractivity contribution in [2.75, 3.05) is 11.5 Å². The number of aliphatic hydroxyl groups excluding tert-OH is 1. The highest BCUT2D eigenvalue weighted by Crippen LogP contribution is 2.25. The lowest BCUT2D eigenvalue weighted by molar-refractivity contribution is 0.0635. The van der Waals surface area contributed by atoms with Crippen LogP contribution in [0.1, 0.15) is 10.4 Å². The number of rotatable bonds is 3. The first-order valence-electron chi connectivity index (χ1n) is 5.36. The molecule has 104 valence electrons. The molecule has 1 heterocycles. The van der Waals surface area contributed by atoms with Crippen molar-refractivity contribution >= 4 is 38.4 Å². The van der Waals surface area contributed by atoms with Crippen molar-refractivity contribution in [3.05, 3.63) is 27.3 Å². The largest absolute Gasteiger partial charge is 0.486 e. The van der Waals surface area contributed by atoms with Gasteiger partial charge in [-0.2, -0.15) is 0 Å². The van der Waals surface area contributed by atoms with Gasteiger partial charge in [-0.3, -0.25) is 0 Å². The van der Waals surface area contributed by atoms with Crippen LogP contribution >= 0.6 is 22.6 Å². The minimum atomic E-state index is -3.33. The first kappa shape index (κ1) is 14.5. The summed E-state index contributed by atoms with van der Waals surface area (Å²) in [4.78, 5) is 11.1. The van der Waals surface area contributed by atoms with Crippen LogP contribution in [0.5, 0.6) is 5.75 Å². The van der Waals surface area contributed by atoms with E-state index in [4.69, 9.17) is 9.84 Å². The summed E-state index contributed by atoms with van der Waals surface area (Å²) in [6.45, 7) is 0. The molecule has 0 spiro atoms. The van der Waals surface area contributed by atoms with Crippen LogP contribution in [0, 0.1) is 3.57 Å². The Balaban J connectivity index is 2.27. The van der Waals surface area contributed by atoms with Crippen LogP contribution in [0.4, 0.5) is 0 Å². The second kappa shape index (κ2) is 5.25. The van der Waals surface area contributed by atoms with Gasteiger partial charge < -0.3 is 14.9 Å². The molecule has 19 heavy (non-hydrogen) atoms. The van der Waals surface area contributed by atoms with Crippen LogP contribution in [0.3, 0.4) is 0 Å². The van der Waals surface area contributed by atoms with Gasteiger partial charge in [0.05, 0.1) is 11.5 Å². The monoisotopic (exact) mass is 398 g/mol. The smallest absolute Gasteiger partial charge is 0.339 e. The number of hydrogen-bond donors (Lipinski definition) is 2. The third-order valence-electron chi connectivity index (χ3n) is 2.72. The molecule has 0 bridgehead atoms. The Morgan fingerprint density at radius 2 is 2.05 bits per heavy atom. The Bertz CT molecular complexity index is 612. The number of benzene rings is 1. The maximum absolute atomic E-state index is 11.4. The SMILES string of the molecule is O=C(O)c1cc(I)ccc1OC1CS(=O)(=O)CC1O. The standard InChI is InChI=1S/C11H11IO6S/c12-6-1-2-9(7(3-6)11(14)15)18-10-5-19(16,17)4-8(10)13/h1-3,8,10,13H,4-5H2,(H,14,15). The number of carboxylic acids is 1. The van der Waals surface area contributed by atoms with E-state index < -0.39 is 28.0 Å². The first-order valence-corrected chi connectivity index (χ1v) is 8.26. The zero-order valence-corrected chi connectivity index (χ0v) is 12.6. The van der Waals surface area contributed by atoms with Crippen molar-refractivity contribution in [1.82, 2.24) is 0 Å². The average Bonchev–Trinajstić information content (AvgIpc) is 2.54. The molecule has 1 aliphatic rings. The normalized spacial score (nSPS) is 25.2. The molecule has 2 unspecified atom stereocenters. The van der Waals surface area contributed by atoms with Crippen LogP contribution in [0.25, 0.3) is 0 Å². The second-order valence-corrected chi connectivity index (χ2v) is 7.65. The molecule has 2 rings (SSSR count). The van der Waals surface area contributed by atoms with Crippen LogP contribution in [-0.4, -0.2) is 48.3 Å². The van der Waals surface area contributed by atoms with Crippen LogP contribution in [-0.2, 0) is 9.84 Å². The fourth-order valence-electron chi connectivity index (χ4n) is 1.84. The maximum Gasteiger partial charge on any atom is 0.339 e. The number of sulfone groups is 1. The third-order valence-corrected chi connectivity index (χ3v) is 5.08. The molecule has 0 saturated carbocycles. The van der Waals surface area contributed by atoms with Gasteiger partial charge in [-0.1, -0.05) is 0 Å². The van der Waals surface area contributed by atoms with Crippen LogP contribution in [0.15, 0.2) is 18.2 Å². The Hall–Kier alpha value is -0.870. The van der Waals surface area contributed by atoms with E-state index in [0.717, 1.165) is 3.57 Å².